The lowest BCUT2D eigenvalue weighted by Crippen LogP contribution is -2.27. The number of hydrogen-bond donors (Lipinski definition) is 0. The van der Waals surface area contributed by atoms with Crippen molar-refractivity contribution >= 4 is 0 Å². The molecule has 0 aliphatic carbocycles. The zero-order chi connectivity index (χ0) is 28.3. The molecule has 1 heteroatoms. The van der Waals surface area contributed by atoms with Crippen LogP contribution in [0, 0.1) is 0 Å². The summed E-state index contributed by atoms with van der Waals surface area (Å²) in [5, 5.41) is 0. The quantitative estimate of drug-likeness (QED) is 0.0710. The van der Waals surface area contributed by atoms with Crippen molar-refractivity contribution < 1.29 is 0 Å². The smallest absolute Gasteiger partial charge is 0.00187 e. The van der Waals surface area contributed by atoms with Crippen LogP contribution < -0.4 is 0 Å². The first kappa shape index (κ1) is 39.0. The lowest BCUT2D eigenvalue weighted by atomic mass is 10.0. The molecular formula is C38H79N. The van der Waals surface area contributed by atoms with Gasteiger partial charge >= 0.3 is 0 Å². The summed E-state index contributed by atoms with van der Waals surface area (Å²) in [6.07, 6.45) is 46.6. The Morgan fingerprint density at radius 3 is 0.538 bits per heavy atom. The zero-order valence-corrected chi connectivity index (χ0v) is 28.2. The Morgan fingerprint density at radius 1 is 0.205 bits per heavy atom. The van der Waals surface area contributed by atoms with Gasteiger partial charge in [-0.3, -0.25) is 0 Å². The van der Waals surface area contributed by atoms with Crippen LogP contribution in [-0.4, -0.2) is 24.5 Å². The van der Waals surface area contributed by atoms with Gasteiger partial charge in [0.05, 0.1) is 0 Å². The minimum Gasteiger partial charge on any atom is -0.303 e. The van der Waals surface area contributed by atoms with Gasteiger partial charge in [-0.1, -0.05) is 207 Å². The summed E-state index contributed by atoms with van der Waals surface area (Å²) in [5.74, 6) is 0. The van der Waals surface area contributed by atoms with Gasteiger partial charge < -0.3 is 4.90 Å². The van der Waals surface area contributed by atoms with Crippen molar-refractivity contribution in [1.82, 2.24) is 4.90 Å². The zero-order valence-electron chi connectivity index (χ0n) is 28.2. The highest BCUT2D eigenvalue weighted by molar-refractivity contribution is 4.61. The van der Waals surface area contributed by atoms with Gasteiger partial charge in [-0.25, -0.2) is 0 Å². The monoisotopic (exact) mass is 550 g/mol. The summed E-state index contributed by atoms with van der Waals surface area (Å²) in [6.45, 7) is 11.0. The van der Waals surface area contributed by atoms with Crippen LogP contribution in [0.5, 0.6) is 0 Å². The van der Waals surface area contributed by atoms with Crippen molar-refractivity contribution in [2.75, 3.05) is 19.6 Å². The van der Waals surface area contributed by atoms with Gasteiger partial charge in [0, 0.05) is 0 Å². The Bertz CT molecular complexity index is 406. The summed E-state index contributed by atoms with van der Waals surface area (Å²) in [6, 6.07) is 0. The molecule has 39 heavy (non-hydrogen) atoms. The average molecular weight is 550 g/mol. The van der Waals surface area contributed by atoms with Gasteiger partial charge in [0.15, 0.2) is 0 Å². The first-order valence-corrected chi connectivity index (χ1v) is 19.1. The van der Waals surface area contributed by atoms with Gasteiger partial charge in [0.1, 0.15) is 0 Å². The van der Waals surface area contributed by atoms with Crippen LogP contribution in [0.15, 0.2) is 0 Å². The molecule has 0 amide bonds. The molecule has 0 heterocycles. The number of hydrogen-bond acceptors (Lipinski definition) is 1. The second-order valence-electron chi connectivity index (χ2n) is 13.1. The molecule has 0 aromatic carbocycles. The molecule has 1 nitrogen and oxygen atoms in total. The normalized spacial score (nSPS) is 11.7. The number of unbranched alkanes of at least 4 members (excludes halogenated alkanes) is 29. The summed E-state index contributed by atoms with van der Waals surface area (Å²) in [7, 11) is 0. The van der Waals surface area contributed by atoms with E-state index in [4.69, 9.17) is 0 Å². The molecular weight excluding hydrogens is 470 g/mol. The second kappa shape index (κ2) is 36.0. The third-order valence-electron chi connectivity index (χ3n) is 8.98. The third-order valence-corrected chi connectivity index (χ3v) is 8.98. The summed E-state index contributed by atoms with van der Waals surface area (Å²) >= 11 is 0. The molecule has 0 radical (unpaired) electrons. The molecule has 0 saturated heterocycles. The third kappa shape index (κ3) is 34.1. The molecule has 0 atom stereocenters. The van der Waals surface area contributed by atoms with Gasteiger partial charge in [0.2, 0.25) is 0 Å². The Hall–Kier alpha value is -0.0400. The van der Waals surface area contributed by atoms with E-state index in [2.05, 4.69) is 25.7 Å². The van der Waals surface area contributed by atoms with E-state index in [0.717, 1.165) is 0 Å². The van der Waals surface area contributed by atoms with E-state index in [1.54, 1.807) is 0 Å². The van der Waals surface area contributed by atoms with E-state index in [0.29, 0.717) is 0 Å². The van der Waals surface area contributed by atoms with E-state index >= 15 is 0 Å². The predicted molar refractivity (Wildman–Crippen MR) is 181 cm³/mol. The van der Waals surface area contributed by atoms with Gasteiger partial charge in [0.25, 0.3) is 0 Å². The summed E-state index contributed by atoms with van der Waals surface area (Å²) in [5.41, 5.74) is 0. The Balaban J connectivity index is 3.82. The number of nitrogens with zero attached hydrogens (tertiary/aromatic N) is 1. The maximum absolute atomic E-state index is 2.85. The summed E-state index contributed by atoms with van der Waals surface area (Å²) in [4.78, 5) is 2.85. The fourth-order valence-electron chi connectivity index (χ4n) is 6.16. The molecule has 0 saturated carbocycles. The second-order valence-corrected chi connectivity index (χ2v) is 13.1. The standard InChI is InChI=1S/C38H79N/c1-4-7-10-13-16-19-21-22-23-24-26-29-32-35-38-39(36-33-30-27-18-15-12-9-6-3)37-34-31-28-25-20-17-14-11-8-5-2/h4-38H2,1-3H3. The topological polar surface area (TPSA) is 3.24 Å². The van der Waals surface area contributed by atoms with Crippen LogP contribution in [0.2, 0.25) is 0 Å². The first-order valence-electron chi connectivity index (χ1n) is 19.1. The van der Waals surface area contributed by atoms with Crippen LogP contribution in [0.1, 0.15) is 226 Å². The average Bonchev–Trinajstić information content (AvgIpc) is 2.95. The van der Waals surface area contributed by atoms with Crippen LogP contribution in [0.3, 0.4) is 0 Å². The van der Waals surface area contributed by atoms with Crippen LogP contribution in [0.25, 0.3) is 0 Å². The van der Waals surface area contributed by atoms with Crippen molar-refractivity contribution in [2.24, 2.45) is 0 Å². The van der Waals surface area contributed by atoms with E-state index in [1.165, 1.54) is 225 Å². The van der Waals surface area contributed by atoms with Gasteiger partial charge in [-0.2, -0.15) is 0 Å². The molecule has 0 spiro atoms. The molecule has 0 aromatic heterocycles. The first-order chi connectivity index (χ1) is 19.3. The van der Waals surface area contributed by atoms with Crippen molar-refractivity contribution in [3.8, 4) is 0 Å². The fourth-order valence-corrected chi connectivity index (χ4v) is 6.16. The molecule has 0 aliphatic heterocycles. The molecule has 0 aromatic rings. The SMILES string of the molecule is CCCCCCCCCCCCCCCCN(CCCCCCCCCC)CCCCCCCCCCCC. The van der Waals surface area contributed by atoms with Crippen molar-refractivity contribution in [1.29, 1.82) is 0 Å². The Kier molecular flexibility index (Phi) is 35.9. The molecule has 0 unspecified atom stereocenters. The highest BCUT2D eigenvalue weighted by Crippen LogP contribution is 2.15. The van der Waals surface area contributed by atoms with Crippen molar-refractivity contribution in [3.63, 3.8) is 0 Å². The molecule has 0 bridgehead atoms. The molecule has 236 valence electrons. The fraction of sp³-hybridized carbons (Fsp3) is 1.00. The van der Waals surface area contributed by atoms with E-state index in [1.807, 2.05) is 0 Å². The molecule has 0 rings (SSSR count). The minimum atomic E-state index is 1.37. The van der Waals surface area contributed by atoms with E-state index < -0.39 is 0 Å². The van der Waals surface area contributed by atoms with Crippen LogP contribution >= 0.6 is 0 Å². The van der Waals surface area contributed by atoms with Gasteiger partial charge in [-0.15, -0.1) is 0 Å². The van der Waals surface area contributed by atoms with E-state index in [9.17, 15) is 0 Å². The van der Waals surface area contributed by atoms with Crippen LogP contribution in [0.4, 0.5) is 0 Å². The largest absolute Gasteiger partial charge is 0.303 e. The highest BCUT2D eigenvalue weighted by Gasteiger charge is 2.05. The minimum absolute atomic E-state index is 1.37. The molecule has 0 N–H and O–H groups in total. The van der Waals surface area contributed by atoms with Crippen molar-refractivity contribution in [3.05, 3.63) is 0 Å². The number of rotatable bonds is 35. The van der Waals surface area contributed by atoms with Gasteiger partial charge in [-0.05, 0) is 38.9 Å². The molecule has 0 fully saturated rings. The Labute approximate surface area is 250 Å². The van der Waals surface area contributed by atoms with Crippen LogP contribution in [-0.2, 0) is 0 Å². The maximum Gasteiger partial charge on any atom is -0.00187 e. The predicted octanol–water partition coefficient (Wildman–Crippen LogP) is 13.8. The summed E-state index contributed by atoms with van der Waals surface area (Å²) < 4.78 is 0. The van der Waals surface area contributed by atoms with Crippen molar-refractivity contribution in [2.45, 2.75) is 226 Å². The highest BCUT2D eigenvalue weighted by atomic mass is 15.1. The lowest BCUT2D eigenvalue weighted by molar-refractivity contribution is 0.254. The lowest BCUT2D eigenvalue weighted by Gasteiger charge is -2.22. The maximum atomic E-state index is 2.85. The molecule has 0 aliphatic rings. The Morgan fingerprint density at radius 2 is 0.359 bits per heavy atom. The van der Waals surface area contributed by atoms with E-state index in [-0.39, 0.29) is 0 Å².